The smallest absolute Gasteiger partial charge is 0.409 e. The average Bonchev–Trinajstić information content (AvgIpc) is 3.61. The van der Waals surface area contributed by atoms with Gasteiger partial charge >= 0.3 is 17.6 Å². The Morgan fingerprint density at radius 3 is 1.21 bits per heavy atom. The summed E-state index contributed by atoms with van der Waals surface area (Å²) < 4.78 is 10.9. The van der Waals surface area contributed by atoms with Crippen LogP contribution in [0.1, 0.15) is 272 Å². The second kappa shape index (κ2) is 33.1. The first kappa shape index (κ1) is 74.5. The van der Waals surface area contributed by atoms with Crippen molar-refractivity contribution < 1.29 is 88.7 Å². The van der Waals surface area contributed by atoms with E-state index < -0.39 is 0 Å². The molecule has 18 nitrogen and oxygen atoms in total. The van der Waals surface area contributed by atoms with E-state index in [-0.39, 0.29) is 123 Å². The first-order valence-corrected chi connectivity index (χ1v) is 29.4. The molecule has 0 saturated heterocycles. The van der Waals surface area contributed by atoms with Crippen LogP contribution in [0.25, 0.3) is 0 Å². The van der Waals surface area contributed by atoms with Gasteiger partial charge in [-0.25, -0.2) is 0 Å². The molecule has 12 N–H and O–H groups in total. The molecule has 0 fully saturated rings. The molecule has 6 heterocycles. The van der Waals surface area contributed by atoms with Crippen LogP contribution in [0.5, 0.6) is 69.4 Å². The van der Waals surface area contributed by atoms with E-state index in [1.165, 1.54) is 12.1 Å². The van der Waals surface area contributed by atoms with Gasteiger partial charge in [0.15, 0.2) is 89.7 Å². The van der Waals surface area contributed by atoms with Crippen LogP contribution < -0.4 is 27.4 Å². The van der Waals surface area contributed by atoms with Crippen molar-refractivity contribution in [2.45, 2.75) is 238 Å². The third-order valence-electron chi connectivity index (χ3n) is 13.7. The van der Waals surface area contributed by atoms with E-state index in [2.05, 4.69) is 41.5 Å². The van der Waals surface area contributed by atoms with Gasteiger partial charge in [0.1, 0.15) is 0 Å². The molecule has 0 amide bonds. The molecular weight excluding hydrogens is 1070 g/mol. The summed E-state index contributed by atoms with van der Waals surface area (Å²) in [7, 11) is 0. The third kappa shape index (κ3) is 20.7. The molecule has 84 heavy (non-hydrogen) atoms. The molecule has 0 bridgehead atoms. The molecule has 0 radical (unpaired) electrons. The normalized spacial score (nSPS) is 11.3. The highest BCUT2D eigenvalue weighted by Crippen LogP contribution is 2.34. The first-order valence-electron chi connectivity index (χ1n) is 29.4. The zero-order valence-corrected chi connectivity index (χ0v) is 54.9. The van der Waals surface area contributed by atoms with Gasteiger partial charge in [-0.15, -0.1) is 0 Å². The standard InChI is InChI=1S/6C11H17NO2/c1-7(2)9-5-12(8(3)4)6-10(13)11(9)14;1-7(2)9-5-10(13)11(14)6-12(9)8(3)4;1-7(2)9-5-10(13)11(14)12(6-9)8(3)4;1-7(2)10-11(14)9(13)5-6-12(10)8(3)4;1-7(2)9-5-6-12(8(3)4)11(14)10(9)13;1-7(2)9-5-6-10(13)11(14)12(9)8(3)4/h5-8,13H,1-4H3;5-8,14H,1-4H3;5-8,13H,1-4H3;5-8,14H,1-4H3;2*5-8,13H,1-4H3/p+6. The van der Waals surface area contributed by atoms with Gasteiger partial charge in [-0.1, -0.05) is 83.1 Å². The van der Waals surface area contributed by atoms with Crippen LogP contribution >= 0.6 is 0 Å². The van der Waals surface area contributed by atoms with Gasteiger partial charge in [-0.05, 0) is 107 Å². The summed E-state index contributed by atoms with van der Waals surface area (Å²) in [6, 6.07) is 11.2. The highest BCUT2D eigenvalue weighted by molar-refractivity contribution is 5.42. The van der Waals surface area contributed by atoms with E-state index in [0.29, 0.717) is 17.8 Å². The molecule has 468 valence electrons. The second-order valence-electron chi connectivity index (χ2n) is 24.7. The summed E-state index contributed by atoms with van der Waals surface area (Å²) in [5, 5.41) is 115. The van der Waals surface area contributed by atoms with Gasteiger partial charge in [0, 0.05) is 53.1 Å². The van der Waals surface area contributed by atoms with Crippen molar-refractivity contribution >= 4 is 0 Å². The van der Waals surface area contributed by atoms with Crippen molar-refractivity contribution in [2.24, 2.45) is 0 Å². The fraction of sp³-hybridized carbons (Fsp3) is 0.545. The molecule has 0 spiro atoms. The van der Waals surface area contributed by atoms with Crippen LogP contribution in [0.4, 0.5) is 0 Å². The molecule has 6 aromatic rings. The van der Waals surface area contributed by atoms with E-state index in [1.807, 2.05) is 163 Å². The number of hydrogen-bond donors (Lipinski definition) is 12. The molecule has 18 heteroatoms. The molecule has 0 aliphatic rings. The second-order valence-corrected chi connectivity index (χ2v) is 24.7. The fourth-order valence-electron chi connectivity index (χ4n) is 8.73. The maximum absolute atomic E-state index is 9.73. The molecular formula is C66H108N6O12+6. The van der Waals surface area contributed by atoms with Crippen molar-refractivity contribution in [2.75, 3.05) is 0 Å². The minimum atomic E-state index is -0.0666. The van der Waals surface area contributed by atoms with Crippen LogP contribution in [0.2, 0.25) is 0 Å². The van der Waals surface area contributed by atoms with Crippen molar-refractivity contribution in [3.63, 3.8) is 0 Å². The van der Waals surface area contributed by atoms with Crippen LogP contribution in [-0.2, 0) is 0 Å². The largest absolute Gasteiger partial charge is 0.504 e. The lowest BCUT2D eigenvalue weighted by Crippen LogP contribution is -2.41. The highest BCUT2D eigenvalue weighted by Gasteiger charge is 2.28. The van der Waals surface area contributed by atoms with E-state index in [4.69, 9.17) is 0 Å². The monoisotopic (exact) mass is 1180 g/mol. The zero-order chi connectivity index (χ0) is 65.3. The minimum Gasteiger partial charge on any atom is -0.504 e. The average molecular weight is 1180 g/mol. The Bertz CT molecular complexity index is 2830. The van der Waals surface area contributed by atoms with Gasteiger partial charge < -0.3 is 61.3 Å². The predicted molar refractivity (Wildman–Crippen MR) is 327 cm³/mol. The van der Waals surface area contributed by atoms with Gasteiger partial charge in [0.05, 0.1) is 11.6 Å². The van der Waals surface area contributed by atoms with Crippen LogP contribution in [0, 0.1) is 0 Å². The Kier molecular flexibility index (Phi) is 29.4. The molecule has 0 aliphatic carbocycles. The van der Waals surface area contributed by atoms with E-state index in [0.717, 1.165) is 33.8 Å². The summed E-state index contributed by atoms with van der Waals surface area (Å²) in [5.41, 5.74) is 5.40. The predicted octanol–water partition coefficient (Wildman–Crippen LogP) is 12.5. The molecule has 0 saturated carbocycles. The Morgan fingerprint density at radius 2 is 0.786 bits per heavy atom. The van der Waals surface area contributed by atoms with Gasteiger partial charge in [-0.2, -0.15) is 27.4 Å². The topological polar surface area (TPSA) is 266 Å². The van der Waals surface area contributed by atoms with Crippen molar-refractivity contribution in [1.29, 1.82) is 0 Å². The van der Waals surface area contributed by atoms with Crippen molar-refractivity contribution in [1.82, 2.24) is 0 Å². The zero-order valence-electron chi connectivity index (χ0n) is 54.9. The lowest BCUT2D eigenvalue weighted by Gasteiger charge is -2.11. The number of hydrogen-bond acceptors (Lipinski definition) is 12. The van der Waals surface area contributed by atoms with Gasteiger partial charge in [0.25, 0.3) is 0 Å². The molecule has 0 aliphatic heterocycles. The Labute approximate surface area is 501 Å². The fourth-order valence-corrected chi connectivity index (χ4v) is 8.73. The SMILES string of the molecule is CC(C)c1c(O)c(O)cc[n+]1C(C)C.CC(C)c1c[n+](C(C)C)cc(O)c1O.CC(C)c1cc(O)c(O)[n+](C(C)C)c1.CC(C)c1cc(O)c(O)c[n+]1C(C)C.CC(C)c1cc[n+](C(C)C)c(O)c1O.CC(C)c1ccc(O)c(O)[n+]1C(C)C. The highest BCUT2D eigenvalue weighted by atomic mass is 16.3. The van der Waals surface area contributed by atoms with Gasteiger partial charge in [0.2, 0.25) is 52.6 Å². The Morgan fingerprint density at radius 1 is 0.286 bits per heavy atom. The Hall–Kier alpha value is -7.50. The molecule has 0 aromatic carbocycles. The van der Waals surface area contributed by atoms with Crippen molar-refractivity contribution in [3.8, 4) is 69.4 Å². The summed E-state index contributed by atoms with van der Waals surface area (Å²) in [6.07, 6.45) is 10.5. The molecule has 6 aromatic heterocycles. The summed E-state index contributed by atoms with van der Waals surface area (Å²) >= 11 is 0. The van der Waals surface area contributed by atoms with Gasteiger partial charge in [-0.3, -0.25) is 0 Å². The van der Waals surface area contributed by atoms with Crippen LogP contribution in [0.15, 0.2) is 73.6 Å². The minimum absolute atomic E-state index is 0.00287. The molecule has 0 atom stereocenters. The number of aromatic hydroxyl groups is 12. The quantitative estimate of drug-likeness (QED) is 0.0511. The van der Waals surface area contributed by atoms with E-state index >= 15 is 0 Å². The maximum Gasteiger partial charge on any atom is 0.409 e. The molecule has 0 unspecified atom stereocenters. The summed E-state index contributed by atoms with van der Waals surface area (Å²) in [5.74, 6) is 1.07. The lowest BCUT2D eigenvalue weighted by molar-refractivity contribution is -0.729. The lowest BCUT2D eigenvalue weighted by atomic mass is 10.0. The number of aromatic nitrogens is 6. The van der Waals surface area contributed by atoms with E-state index in [1.54, 1.807) is 50.6 Å². The Balaban J connectivity index is 0.000000504. The summed E-state index contributed by atoms with van der Waals surface area (Å²) in [4.78, 5) is 0. The van der Waals surface area contributed by atoms with Crippen LogP contribution in [-0.4, -0.2) is 61.3 Å². The summed E-state index contributed by atoms with van der Waals surface area (Å²) in [6.45, 7) is 48.3. The van der Waals surface area contributed by atoms with Crippen LogP contribution in [0.3, 0.4) is 0 Å². The van der Waals surface area contributed by atoms with E-state index in [9.17, 15) is 61.3 Å². The number of pyridine rings is 6. The van der Waals surface area contributed by atoms with Crippen molar-refractivity contribution in [3.05, 3.63) is 107 Å². The maximum atomic E-state index is 9.73. The number of nitrogens with zero attached hydrogens (tertiary/aromatic N) is 6. The number of rotatable bonds is 12. The third-order valence-corrected chi connectivity index (χ3v) is 13.7. The first-order chi connectivity index (χ1) is 38.6. The molecule has 6 rings (SSSR count).